The van der Waals surface area contributed by atoms with Crippen molar-refractivity contribution in [1.82, 2.24) is 15.0 Å². The molecular formula is C13H18N4. The van der Waals surface area contributed by atoms with Crippen LogP contribution in [0.5, 0.6) is 0 Å². The molecule has 0 aliphatic rings. The van der Waals surface area contributed by atoms with Crippen LogP contribution in [0.15, 0.2) is 36.7 Å². The van der Waals surface area contributed by atoms with Crippen LogP contribution in [0, 0.1) is 6.92 Å². The molecule has 1 aromatic carbocycles. The maximum absolute atomic E-state index is 5.63. The maximum atomic E-state index is 5.63. The Morgan fingerprint density at radius 1 is 1.47 bits per heavy atom. The Morgan fingerprint density at radius 3 is 2.88 bits per heavy atom. The fourth-order valence-electron chi connectivity index (χ4n) is 1.94. The van der Waals surface area contributed by atoms with E-state index in [0.29, 0.717) is 0 Å². The summed E-state index contributed by atoms with van der Waals surface area (Å²) in [6.45, 7) is 2.08. The Hall–Kier alpha value is -1.65. The van der Waals surface area contributed by atoms with E-state index < -0.39 is 0 Å². The lowest BCUT2D eigenvalue weighted by molar-refractivity contribution is 0.530. The van der Waals surface area contributed by atoms with E-state index in [1.54, 1.807) is 6.20 Å². The molecule has 1 aromatic heterocycles. The molecule has 2 aromatic rings. The van der Waals surface area contributed by atoms with Gasteiger partial charge in [0.2, 0.25) is 0 Å². The predicted octanol–water partition coefficient (Wildman–Crippen LogP) is 1.48. The summed E-state index contributed by atoms with van der Waals surface area (Å²) in [7, 11) is 1.99. The van der Waals surface area contributed by atoms with Crippen molar-refractivity contribution in [2.45, 2.75) is 19.4 Å². The number of hydrogen-bond acceptors (Lipinski definition) is 3. The molecule has 0 aliphatic carbocycles. The molecule has 0 radical (unpaired) electrons. The van der Waals surface area contributed by atoms with Crippen LogP contribution >= 0.6 is 0 Å². The van der Waals surface area contributed by atoms with Gasteiger partial charge < -0.3 is 4.57 Å². The molecular weight excluding hydrogens is 212 g/mol. The summed E-state index contributed by atoms with van der Waals surface area (Å²) < 4.78 is 2.01. The van der Waals surface area contributed by atoms with Crippen molar-refractivity contribution in [1.29, 1.82) is 0 Å². The van der Waals surface area contributed by atoms with Gasteiger partial charge in [0, 0.05) is 25.9 Å². The fourth-order valence-corrected chi connectivity index (χ4v) is 1.94. The van der Waals surface area contributed by atoms with E-state index in [1.165, 1.54) is 11.1 Å². The first-order chi connectivity index (χ1) is 8.20. The molecule has 0 spiro atoms. The third-order valence-corrected chi connectivity index (χ3v) is 2.95. The summed E-state index contributed by atoms with van der Waals surface area (Å²) in [5.41, 5.74) is 5.29. The molecule has 0 saturated carbocycles. The third-order valence-electron chi connectivity index (χ3n) is 2.95. The highest BCUT2D eigenvalue weighted by atomic mass is 15.2. The van der Waals surface area contributed by atoms with Gasteiger partial charge in [-0.3, -0.25) is 11.3 Å². The van der Waals surface area contributed by atoms with Crippen molar-refractivity contribution in [3.63, 3.8) is 0 Å². The van der Waals surface area contributed by atoms with Gasteiger partial charge in [0.15, 0.2) is 0 Å². The first-order valence-electron chi connectivity index (χ1n) is 5.69. The molecule has 0 bridgehead atoms. The smallest absolute Gasteiger partial charge is 0.110 e. The van der Waals surface area contributed by atoms with Gasteiger partial charge in [-0.1, -0.05) is 29.8 Å². The Morgan fingerprint density at radius 2 is 2.29 bits per heavy atom. The highest BCUT2D eigenvalue weighted by Gasteiger charge is 2.12. The molecule has 0 fully saturated rings. The van der Waals surface area contributed by atoms with Gasteiger partial charge in [0.25, 0.3) is 0 Å². The molecule has 1 unspecified atom stereocenters. The molecule has 1 heterocycles. The summed E-state index contributed by atoms with van der Waals surface area (Å²) in [4.78, 5) is 4.32. The van der Waals surface area contributed by atoms with Crippen molar-refractivity contribution in [3.8, 4) is 0 Å². The van der Waals surface area contributed by atoms with Crippen molar-refractivity contribution in [3.05, 3.63) is 53.6 Å². The van der Waals surface area contributed by atoms with Gasteiger partial charge in [-0.05, 0) is 12.5 Å². The second-order valence-corrected chi connectivity index (χ2v) is 4.29. The highest BCUT2D eigenvalue weighted by molar-refractivity contribution is 5.25. The summed E-state index contributed by atoms with van der Waals surface area (Å²) in [6, 6.07) is 8.45. The summed E-state index contributed by atoms with van der Waals surface area (Å²) in [5, 5.41) is 0. The standard InChI is InChI=1S/C13H18N4/c1-10-4-3-5-11(8-10)12(16-14)9-13-15-6-7-17(13)2/h3-8,12,16H,9,14H2,1-2H3. The normalized spacial score (nSPS) is 12.6. The molecule has 4 heteroatoms. The maximum Gasteiger partial charge on any atom is 0.110 e. The highest BCUT2D eigenvalue weighted by Crippen LogP contribution is 2.17. The van der Waals surface area contributed by atoms with Crippen molar-refractivity contribution in [2.75, 3.05) is 0 Å². The van der Waals surface area contributed by atoms with Gasteiger partial charge in [-0.25, -0.2) is 4.98 Å². The van der Waals surface area contributed by atoms with E-state index in [0.717, 1.165) is 12.2 Å². The molecule has 2 rings (SSSR count). The van der Waals surface area contributed by atoms with Crippen LogP contribution in [0.25, 0.3) is 0 Å². The Bertz CT molecular complexity index is 490. The molecule has 3 N–H and O–H groups in total. The van der Waals surface area contributed by atoms with Crippen molar-refractivity contribution < 1.29 is 0 Å². The lowest BCUT2D eigenvalue weighted by Crippen LogP contribution is -2.30. The first-order valence-corrected chi connectivity index (χ1v) is 5.69. The average Bonchev–Trinajstić information content (AvgIpc) is 2.71. The number of imidazole rings is 1. The Kier molecular flexibility index (Phi) is 3.56. The summed E-state index contributed by atoms with van der Waals surface area (Å²) in [5.74, 6) is 6.66. The minimum Gasteiger partial charge on any atom is -0.338 e. The van der Waals surface area contributed by atoms with Crippen LogP contribution in [0.2, 0.25) is 0 Å². The van der Waals surface area contributed by atoms with Gasteiger partial charge >= 0.3 is 0 Å². The average molecular weight is 230 g/mol. The number of nitrogens with zero attached hydrogens (tertiary/aromatic N) is 2. The monoisotopic (exact) mass is 230 g/mol. The van der Waals surface area contributed by atoms with Crippen LogP contribution in [0.4, 0.5) is 0 Å². The molecule has 90 valence electrons. The molecule has 1 atom stereocenters. The number of aryl methyl sites for hydroxylation is 2. The van der Waals surface area contributed by atoms with Gasteiger partial charge in [0.1, 0.15) is 5.82 Å². The van der Waals surface area contributed by atoms with Crippen LogP contribution in [-0.4, -0.2) is 9.55 Å². The number of aromatic nitrogens is 2. The van der Waals surface area contributed by atoms with Crippen LogP contribution in [0.1, 0.15) is 23.0 Å². The van der Waals surface area contributed by atoms with Crippen LogP contribution in [0.3, 0.4) is 0 Å². The minimum atomic E-state index is 0.0935. The zero-order chi connectivity index (χ0) is 12.3. The molecule has 17 heavy (non-hydrogen) atoms. The lowest BCUT2D eigenvalue weighted by Gasteiger charge is -2.16. The number of hydrogen-bond donors (Lipinski definition) is 2. The van der Waals surface area contributed by atoms with E-state index in [9.17, 15) is 0 Å². The largest absolute Gasteiger partial charge is 0.338 e. The van der Waals surface area contributed by atoms with Gasteiger partial charge in [-0.15, -0.1) is 0 Å². The zero-order valence-electron chi connectivity index (χ0n) is 10.2. The zero-order valence-corrected chi connectivity index (χ0v) is 10.2. The molecule has 0 amide bonds. The fraction of sp³-hybridized carbons (Fsp3) is 0.308. The second-order valence-electron chi connectivity index (χ2n) is 4.29. The summed E-state index contributed by atoms with van der Waals surface area (Å²) >= 11 is 0. The number of rotatable bonds is 4. The summed E-state index contributed by atoms with van der Waals surface area (Å²) in [6.07, 6.45) is 4.53. The van der Waals surface area contributed by atoms with E-state index >= 15 is 0 Å². The minimum absolute atomic E-state index is 0.0935. The van der Waals surface area contributed by atoms with E-state index in [4.69, 9.17) is 5.84 Å². The Labute approximate surface area is 101 Å². The third kappa shape index (κ3) is 2.72. The van der Waals surface area contributed by atoms with E-state index in [-0.39, 0.29) is 6.04 Å². The quantitative estimate of drug-likeness (QED) is 0.618. The number of nitrogens with one attached hydrogen (secondary N) is 1. The van der Waals surface area contributed by atoms with E-state index in [2.05, 4.69) is 35.5 Å². The predicted molar refractivity (Wildman–Crippen MR) is 68.2 cm³/mol. The Balaban J connectivity index is 2.20. The van der Waals surface area contributed by atoms with Crippen molar-refractivity contribution >= 4 is 0 Å². The number of nitrogens with two attached hydrogens (primary N) is 1. The molecule has 4 nitrogen and oxygen atoms in total. The number of benzene rings is 1. The van der Waals surface area contributed by atoms with Gasteiger partial charge in [0.05, 0.1) is 6.04 Å². The van der Waals surface area contributed by atoms with E-state index in [1.807, 2.05) is 23.9 Å². The van der Waals surface area contributed by atoms with Crippen LogP contribution < -0.4 is 11.3 Å². The first kappa shape index (κ1) is 11.8. The molecule has 0 saturated heterocycles. The van der Waals surface area contributed by atoms with Crippen LogP contribution in [-0.2, 0) is 13.5 Å². The SMILES string of the molecule is Cc1cccc(C(Cc2nccn2C)NN)c1. The van der Waals surface area contributed by atoms with Crippen molar-refractivity contribution in [2.24, 2.45) is 12.9 Å². The van der Waals surface area contributed by atoms with Gasteiger partial charge in [-0.2, -0.15) is 0 Å². The number of hydrazine groups is 1. The molecule has 0 aliphatic heterocycles. The lowest BCUT2D eigenvalue weighted by atomic mass is 10.0. The second kappa shape index (κ2) is 5.12. The topological polar surface area (TPSA) is 55.9 Å².